The smallest absolute Gasteiger partial charge is 0.120 e. The van der Waals surface area contributed by atoms with Crippen molar-refractivity contribution < 1.29 is 4.74 Å². The minimum Gasteiger partial charge on any atom is -0.494 e. The lowest BCUT2D eigenvalue weighted by molar-refractivity contribution is 0.304. The van der Waals surface area contributed by atoms with Crippen molar-refractivity contribution in [1.29, 1.82) is 5.26 Å². The quantitative estimate of drug-likeness (QED) is 0.685. The second-order valence-electron chi connectivity index (χ2n) is 4.02. The number of halogens is 1. The molecule has 0 N–H and O–H groups in total. The molecule has 1 aromatic carbocycles. The summed E-state index contributed by atoms with van der Waals surface area (Å²) < 4.78 is 6.42. The van der Waals surface area contributed by atoms with Crippen LogP contribution in [0.25, 0.3) is 0 Å². The summed E-state index contributed by atoms with van der Waals surface area (Å²) in [5.41, 5.74) is 0.639. The van der Waals surface area contributed by atoms with E-state index in [-0.39, 0.29) is 0 Å². The fourth-order valence-corrected chi connectivity index (χ4v) is 2.02. The summed E-state index contributed by atoms with van der Waals surface area (Å²) in [5.74, 6) is 0.825. The summed E-state index contributed by atoms with van der Waals surface area (Å²) in [7, 11) is 0. The highest BCUT2D eigenvalue weighted by molar-refractivity contribution is 9.10. The second-order valence-corrected chi connectivity index (χ2v) is 4.87. The van der Waals surface area contributed by atoms with Crippen molar-refractivity contribution in [1.82, 2.24) is 0 Å². The van der Waals surface area contributed by atoms with Crippen LogP contribution in [-0.4, -0.2) is 6.61 Å². The van der Waals surface area contributed by atoms with E-state index in [2.05, 4.69) is 28.9 Å². The topological polar surface area (TPSA) is 33.0 Å². The third-order valence-corrected chi connectivity index (χ3v) is 3.23. The zero-order chi connectivity index (χ0) is 12.5. The van der Waals surface area contributed by atoms with Gasteiger partial charge in [-0.05, 0) is 40.5 Å². The molecule has 0 saturated heterocycles. The molecule has 17 heavy (non-hydrogen) atoms. The van der Waals surface area contributed by atoms with E-state index in [0.717, 1.165) is 23.2 Å². The Morgan fingerprint density at radius 2 is 2.00 bits per heavy atom. The fraction of sp³-hybridized carbons (Fsp3) is 0.500. The van der Waals surface area contributed by atoms with Gasteiger partial charge in [0.25, 0.3) is 0 Å². The van der Waals surface area contributed by atoms with Crippen LogP contribution in [0.2, 0.25) is 0 Å². The predicted octanol–water partition coefficient (Wildman–Crippen LogP) is 4.67. The van der Waals surface area contributed by atoms with Gasteiger partial charge in [0.1, 0.15) is 11.8 Å². The molecule has 0 aliphatic carbocycles. The first-order chi connectivity index (χ1) is 8.27. The van der Waals surface area contributed by atoms with Crippen LogP contribution in [0.5, 0.6) is 5.75 Å². The molecule has 0 aliphatic heterocycles. The van der Waals surface area contributed by atoms with Crippen LogP contribution < -0.4 is 4.74 Å². The van der Waals surface area contributed by atoms with E-state index in [4.69, 9.17) is 10.00 Å². The minimum atomic E-state index is 0.639. The maximum Gasteiger partial charge on any atom is 0.120 e. The van der Waals surface area contributed by atoms with Gasteiger partial charge >= 0.3 is 0 Å². The standard InChI is InChI=1S/C14H18BrNO/c1-2-3-4-5-6-9-17-13-8-7-12(11-16)14(15)10-13/h7-8,10H,2-6,9H2,1H3. The predicted molar refractivity (Wildman–Crippen MR) is 73.1 cm³/mol. The molecule has 0 fully saturated rings. The van der Waals surface area contributed by atoms with Crippen LogP contribution >= 0.6 is 15.9 Å². The van der Waals surface area contributed by atoms with Crippen molar-refractivity contribution in [3.05, 3.63) is 28.2 Å². The molecular formula is C14H18BrNO. The minimum absolute atomic E-state index is 0.639. The molecule has 0 saturated carbocycles. The molecule has 0 aliphatic rings. The Kier molecular flexibility index (Phi) is 6.73. The van der Waals surface area contributed by atoms with Crippen molar-refractivity contribution in [3.63, 3.8) is 0 Å². The van der Waals surface area contributed by atoms with Crippen molar-refractivity contribution in [2.45, 2.75) is 39.0 Å². The average molecular weight is 296 g/mol. The van der Waals surface area contributed by atoms with Crippen LogP contribution in [0.4, 0.5) is 0 Å². The molecule has 1 rings (SSSR count). The summed E-state index contributed by atoms with van der Waals surface area (Å²) >= 11 is 3.35. The summed E-state index contributed by atoms with van der Waals surface area (Å²) in [4.78, 5) is 0. The van der Waals surface area contributed by atoms with Gasteiger partial charge < -0.3 is 4.74 Å². The third kappa shape index (κ3) is 5.23. The van der Waals surface area contributed by atoms with Gasteiger partial charge in [-0.15, -0.1) is 0 Å². The molecule has 0 aromatic heterocycles. The number of hydrogen-bond donors (Lipinski definition) is 0. The van der Waals surface area contributed by atoms with E-state index >= 15 is 0 Å². The first kappa shape index (κ1) is 14.1. The van der Waals surface area contributed by atoms with Gasteiger partial charge in [-0.3, -0.25) is 0 Å². The number of ether oxygens (including phenoxy) is 1. The van der Waals surface area contributed by atoms with Gasteiger partial charge in [0, 0.05) is 4.47 Å². The van der Waals surface area contributed by atoms with Gasteiger partial charge in [-0.25, -0.2) is 0 Å². The normalized spacial score (nSPS) is 9.94. The van der Waals surface area contributed by atoms with Crippen LogP contribution in [0.15, 0.2) is 22.7 Å². The van der Waals surface area contributed by atoms with Gasteiger partial charge in [-0.2, -0.15) is 5.26 Å². The molecule has 0 spiro atoms. The van der Waals surface area contributed by atoms with E-state index in [0.29, 0.717) is 5.56 Å². The lowest BCUT2D eigenvalue weighted by atomic mass is 10.2. The van der Waals surface area contributed by atoms with Gasteiger partial charge in [0.2, 0.25) is 0 Å². The molecule has 2 nitrogen and oxygen atoms in total. The number of hydrogen-bond acceptors (Lipinski definition) is 2. The number of unbranched alkanes of at least 4 members (excludes halogenated alkanes) is 4. The maximum absolute atomic E-state index is 8.79. The molecular weight excluding hydrogens is 278 g/mol. The lowest BCUT2D eigenvalue weighted by Crippen LogP contribution is -1.97. The van der Waals surface area contributed by atoms with E-state index in [9.17, 15) is 0 Å². The summed E-state index contributed by atoms with van der Waals surface area (Å²) in [6.45, 7) is 2.97. The number of nitrogens with zero attached hydrogens (tertiary/aromatic N) is 1. The summed E-state index contributed by atoms with van der Waals surface area (Å²) in [5, 5.41) is 8.79. The van der Waals surface area contributed by atoms with Crippen molar-refractivity contribution in [2.24, 2.45) is 0 Å². The second kappa shape index (κ2) is 8.14. The van der Waals surface area contributed by atoms with Crippen molar-refractivity contribution in [2.75, 3.05) is 6.61 Å². The molecule has 92 valence electrons. The van der Waals surface area contributed by atoms with Crippen LogP contribution in [0.3, 0.4) is 0 Å². The van der Waals surface area contributed by atoms with Crippen LogP contribution in [0.1, 0.15) is 44.6 Å². The number of benzene rings is 1. The zero-order valence-electron chi connectivity index (χ0n) is 10.2. The molecule has 0 heterocycles. The number of nitriles is 1. The van der Waals surface area contributed by atoms with Gasteiger partial charge in [0.05, 0.1) is 12.2 Å². The Bertz CT molecular complexity index is 384. The lowest BCUT2D eigenvalue weighted by Gasteiger charge is -2.06. The van der Waals surface area contributed by atoms with E-state index in [1.54, 1.807) is 6.07 Å². The highest BCUT2D eigenvalue weighted by atomic mass is 79.9. The Morgan fingerprint density at radius 3 is 2.65 bits per heavy atom. The van der Waals surface area contributed by atoms with Crippen molar-refractivity contribution in [3.8, 4) is 11.8 Å². The molecule has 0 atom stereocenters. The first-order valence-electron chi connectivity index (χ1n) is 6.10. The third-order valence-electron chi connectivity index (χ3n) is 2.58. The Hall–Kier alpha value is -1.01. The summed E-state index contributed by atoms with van der Waals surface area (Å²) in [6, 6.07) is 7.58. The zero-order valence-corrected chi connectivity index (χ0v) is 11.8. The number of rotatable bonds is 7. The summed E-state index contributed by atoms with van der Waals surface area (Å²) in [6.07, 6.45) is 6.19. The van der Waals surface area contributed by atoms with E-state index < -0.39 is 0 Å². The molecule has 0 radical (unpaired) electrons. The monoisotopic (exact) mass is 295 g/mol. The Balaban J connectivity index is 2.28. The van der Waals surface area contributed by atoms with Gasteiger partial charge in [-0.1, -0.05) is 32.6 Å². The highest BCUT2D eigenvalue weighted by Gasteiger charge is 2.01. The first-order valence-corrected chi connectivity index (χ1v) is 6.89. The average Bonchev–Trinajstić information content (AvgIpc) is 2.34. The molecule has 1 aromatic rings. The van der Waals surface area contributed by atoms with E-state index in [1.807, 2.05) is 12.1 Å². The van der Waals surface area contributed by atoms with E-state index in [1.165, 1.54) is 25.7 Å². The molecule has 3 heteroatoms. The van der Waals surface area contributed by atoms with Gasteiger partial charge in [0.15, 0.2) is 0 Å². The SMILES string of the molecule is CCCCCCCOc1ccc(C#N)c(Br)c1. The molecule has 0 unspecified atom stereocenters. The van der Waals surface area contributed by atoms with Crippen molar-refractivity contribution >= 4 is 15.9 Å². The molecule has 0 amide bonds. The maximum atomic E-state index is 8.79. The Labute approximate surface area is 112 Å². The largest absolute Gasteiger partial charge is 0.494 e. The highest BCUT2D eigenvalue weighted by Crippen LogP contribution is 2.22. The fourth-order valence-electron chi connectivity index (χ4n) is 1.57. The molecule has 0 bridgehead atoms. The Morgan fingerprint density at radius 1 is 1.24 bits per heavy atom. The van der Waals surface area contributed by atoms with Crippen LogP contribution in [0, 0.1) is 11.3 Å². The van der Waals surface area contributed by atoms with Crippen LogP contribution in [-0.2, 0) is 0 Å².